The third kappa shape index (κ3) is 4.90. The highest BCUT2D eigenvalue weighted by Gasteiger charge is 2.33. The van der Waals surface area contributed by atoms with E-state index in [2.05, 4.69) is 34.3 Å². The van der Waals surface area contributed by atoms with Gasteiger partial charge in [0.1, 0.15) is 34.3 Å². The molecule has 5 aromatic rings. The van der Waals surface area contributed by atoms with Crippen LogP contribution in [0.4, 0.5) is 5.82 Å². The van der Waals surface area contributed by atoms with Gasteiger partial charge in [-0.2, -0.15) is 5.10 Å². The molecule has 10 heteroatoms. The van der Waals surface area contributed by atoms with Gasteiger partial charge < -0.3 is 24.4 Å². The lowest BCUT2D eigenvalue weighted by molar-refractivity contribution is 0.0482. The van der Waals surface area contributed by atoms with Gasteiger partial charge in [0.2, 0.25) is 0 Å². The molecule has 39 heavy (non-hydrogen) atoms. The van der Waals surface area contributed by atoms with E-state index in [0.717, 1.165) is 16.5 Å². The molecule has 4 heterocycles. The Hall–Kier alpha value is -4.44. The van der Waals surface area contributed by atoms with E-state index in [-0.39, 0.29) is 6.04 Å². The van der Waals surface area contributed by atoms with E-state index in [4.69, 9.17) is 19.1 Å². The number of methoxy groups -OCH3 is 2. The highest BCUT2D eigenvalue weighted by molar-refractivity contribution is 6.02. The summed E-state index contributed by atoms with van der Waals surface area (Å²) in [5, 5.41) is 24.6. The lowest BCUT2D eigenvalue weighted by atomic mass is 9.96. The summed E-state index contributed by atoms with van der Waals surface area (Å²) in [5.74, 6) is 2.36. The average Bonchev–Trinajstić information content (AvgIpc) is 3.55. The number of hydrogen-bond donors (Lipinski definition) is 2. The first-order chi connectivity index (χ1) is 18.7. The van der Waals surface area contributed by atoms with Gasteiger partial charge in [0.05, 0.1) is 36.4 Å². The van der Waals surface area contributed by atoms with Crippen LogP contribution >= 0.6 is 0 Å². The van der Waals surface area contributed by atoms with Crippen molar-refractivity contribution in [2.75, 3.05) is 19.5 Å². The molecule has 0 saturated carbocycles. The minimum Gasteiger partial charge on any atom is -0.497 e. The third-order valence-corrected chi connectivity index (χ3v) is 6.44. The zero-order valence-electron chi connectivity index (χ0n) is 22.9. The molecule has 0 bridgehead atoms. The van der Waals surface area contributed by atoms with E-state index < -0.39 is 5.60 Å². The van der Waals surface area contributed by atoms with E-state index in [9.17, 15) is 5.11 Å². The van der Waals surface area contributed by atoms with Crippen molar-refractivity contribution in [1.29, 1.82) is 0 Å². The maximum atomic E-state index is 10.9. The van der Waals surface area contributed by atoms with Crippen LogP contribution in [0.15, 0.2) is 59.4 Å². The molecular formula is C29H32N6O4. The highest BCUT2D eigenvalue weighted by Crippen LogP contribution is 2.42. The van der Waals surface area contributed by atoms with Crippen LogP contribution in [-0.4, -0.2) is 44.2 Å². The monoisotopic (exact) mass is 528 g/mol. The smallest absolute Gasteiger partial charge is 0.177 e. The number of nitrogens with one attached hydrogen (secondary N) is 1. The van der Waals surface area contributed by atoms with Crippen molar-refractivity contribution >= 4 is 16.7 Å². The van der Waals surface area contributed by atoms with Gasteiger partial charge in [-0.1, -0.05) is 11.2 Å². The van der Waals surface area contributed by atoms with Gasteiger partial charge in [0.25, 0.3) is 0 Å². The van der Waals surface area contributed by atoms with Crippen molar-refractivity contribution in [2.45, 2.75) is 45.9 Å². The van der Waals surface area contributed by atoms with Crippen molar-refractivity contribution in [3.8, 4) is 34.1 Å². The number of rotatable bonds is 9. The molecule has 0 aliphatic rings. The van der Waals surface area contributed by atoms with Crippen molar-refractivity contribution in [1.82, 2.24) is 24.9 Å². The third-order valence-electron chi connectivity index (χ3n) is 6.44. The standard InChI is InChI=1S/C29H32N6O4/c1-17(2)35-21-12-14-31-28(32-16-18-10-11-19(37-5)15-22(18)38-6)24(21)25(33-35)26-23(20-9-7-8-13-30-20)27(39-34-26)29(3,4)36/h7-15,17,36H,16H2,1-6H3,(H,31,32). The molecule has 4 aromatic heterocycles. The molecule has 1 aromatic carbocycles. The molecule has 0 fully saturated rings. The lowest BCUT2D eigenvalue weighted by Gasteiger charge is -2.15. The van der Waals surface area contributed by atoms with Gasteiger partial charge in [-0.25, -0.2) is 4.98 Å². The van der Waals surface area contributed by atoms with E-state index in [1.165, 1.54) is 0 Å². The second-order valence-electron chi connectivity index (χ2n) is 9.98. The summed E-state index contributed by atoms with van der Waals surface area (Å²) in [6.45, 7) is 7.90. The first-order valence-corrected chi connectivity index (χ1v) is 12.7. The largest absolute Gasteiger partial charge is 0.497 e. The maximum Gasteiger partial charge on any atom is 0.177 e. The fourth-order valence-electron chi connectivity index (χ4n) is 4.58. The number of hydrogen-bond acceptors (Lipinski definition) is 9. The minimum absolute atomic E-state index is 0.0668. The fourth-order valence-corrected chi connectivity index (χ4v) is 4.58. The summed E-state index contributed by atoms with van der Waals surface area (Å²) in [5.41, 5.74) is 2.81. The number of aliphatic hydroxyl groups is 1. The molecular weight excluding hydrogens is 496 g/mol. The zero-order chi connectivity index (χ0) is 27.7. The second-order valence-corrected chi connectivity index (χ2v) is 9.98. The number of ether oxygens (including phenoxy) is 2. The van der Waals surface area contributed by atoms with E-state index >= 15 is 0 Å². The normalized spacial score (nSPS) is 11.8. The summed E-state index contributed by atoms with van der Waals surface area (Å²) in [4.78, 5) is 9.21. The van der Waals surface area contributed by atoms with Crippen LogP contribution < -0.4 is 14.8 Å². The van der Waals surface area contributed by atoms with Crippen LogP contribution in [0, 0.1) is 0 Å². The van der Waals surface area contributed by atoms with Gasteiger partial charge in [-0.05, 0) is 58.0 Å². The molecule has 0 unspecified atom stereocenters. The Balaban J connectivity index is 1.68. The Bertz CT molecular complexity index is 1600. The summed E-state index contributed by atoms with van der Waals surface area (Å²) in [6, 6.07) is 13.3. The van der Waals surface area contributed by atoms with Crippen LogP contribution in [0.1, 0.15) is 45.1 Å². The van der Waals surface area contributed by atoms with Crippen molar-refractivity contribution in [3.63, 3.8) is 0 Å². The second kappa shape index (κ2) is 10.4. The molecule has 10 nitrogen and oxygen atoms in total. The van der Waals surface area contributed by atoms with Crippen LogP contribution in [0.25, 0.3) is 33.5 Å². The number of pyridine rings is 2. The summed E-state index contributed by atoms with van der Waals surface area (Å²) >= 11 is 0. The molecule has 202 valence electrons. The van der Waals surface area contributed by atoms with Crippen molar-refractivity contribution in [2.24, 2.45) is 0 Å². The Morgan fingerprint density at radius 2 is 1.85 bits per heavy atom. The Morgan fingerprint density at radius 3 is 2.51 bits per heavy atom. The van der Waals surface area contributed by atoms with Gasteiger partial charge >= 0.3 is 0 Å². The number of anilines is 1. The molecule has 0 radical (unpaired) electrons. The van der Waals surface area contributed by atoms with E-state index in [0.29, 0.717) is 52.3 Å². The van der Waals surface area contributed by atoms with Gasteiger partial charge in [-0.3, -0.25) is 9.67 Å². The Labute approximate surface area is 226 Å². The molecule has 0 atom stereocenters. The maximum absolute atomic E-state index is 10.9. The summed E-state index contributed by atoms with van der Waals surface area (Å²) in [6.07, 6.45) is 3.45. The lowest BCUT2D eigenvalue weighted by Crippen LogP contribution is -2.15. The summed E-state index contributed by atoms with van der Waals surface area (Å²) < 4.78 is 18.6. The zero-order valence-corrected chi connectivity index (χ0v) is 22.9. The Kier molecular flexibility index (Phi) is 6.96. The van der Waals surface area contributed by atoms with Crippen LogP contribution in [-0.2, 0) is 12.1 Å². The number of nitrogens with zero attached hydrogens (tertiary/aromatic N) is 5. The predicted octanol–water partition coefficient (Wildman–Crippen LogP) is 5.59. The van der Waals surface area contributed by atoms with E-state index in [1.54, 1.807) is 40.5 Å². The van der Waals surface area contributed by atoms with Crippen molar-refractivity contribution < 1.29 is 19.1 Å². The molecule has 0 amide bonds. The molecule has 0 spiro atoms. The topological polar surface area (TPSA) is 120 Å². The first kappa shape index (κ1) is 26.2. The SMILES string of the molecule is COc1ccc(CNc2nccc3c2c(-c2noc(C(C)(C)O)c2-c2ccccn2)nn3C(C)C)c(OC)c1. The molecule has 0 aliphatic carbocycles. The number of fused-ring (bicyclic) bond motifs is 1. The summed E-state index contributed by atoms with van der Waals surface area (Å²) in [7, 11) is 3.25. The van der Waals surface area contributed by atoms with Crippen LogP contribution in [0.5, 0.6) is 11.5 Å². The van der Waals surface area contributed by atoms with Gasteiger partial charge in [0, 0.05) is 36.6 Å². The fraction of sp³-hybridized carbons (Fsp3) is 0.310. The molecule has 0 aliphatic heterocycles. The Morgan fingerprint density at radius 1 is 1.03 bits per heavy atom. The van der Waals surface area contributed by atoms with Crippen LogP contribution in [0.2, 0.25) is 0 Å². The molecule has 0 saturated heterocycles. The predicted molar refractivity (Wildman–Crippen MR) is 149 cm³/mol. The van der Waals surface area contributed by atoms with Gasteiger partial charge in [0.15, 0.2) is 5.76 Å². The van der Waals surface area contributed by atoms with Crippen LogP contribution in [0.3, 0.4) is 0 Å². The molecule has 5 rings (SSSR count). The number of aromatic nitrogens is 5. The average molecular weight is 529 g/mol. The van der Waals surface area contributed by atoms with Gasteiger partial charge in [-0.15, -0.1) is 0 Å². The first-order valence-electron chi connectivity index (χ1n) is 12.7. The quantitative estimate of drug-likeness (QED) is 0.252. The minimum atomic E-state index is -1.29. The molecule has 2 N–H and O–H groups in total. The van der Waals surface area contributed by atoms with Crippen molar-refractivity contribution in [3.05, 3.63) is 66.2 Å². The van der Waals surface area contributed by atoms with E-state index in [1.807, 2.05) is 47.1 Å². The number of benzene rings is 1. The highest BCUT2D eigenvalue weighted by atomic mass is 16.5.